The predicted octanol–water partition coefficient (Wildman–Crippen LogP) is 3.20. The highest BCUT2D eigenvalue weighted by molar-refractivity contribution is 6.00. The average Bonchev–Trinajstić information content (AvgIpc) is 2.97. The van der Waals surface area contributed by atoms with Crippen molar-refractivity contribution in [2.24, 2.45) is 0 Å². The summed E-state index contributed by atoms with van der Waals surface area (Å²) in [7, 11) is 3.23. The summed E-state index contributed by atoms with van der Waals surface area (Å²) < 4.78 is 17.3. The van der Waals surface area contributed by atoms with Crippen LogP contribution in [0.2, 0.25) is 0 Å². The molecule has 0 amide bonds. The molecule has 27 heavy (non-hydrogen) atoms. The number of carbonyl (C=O) groups is 2. The summed E-state index contributed by atoms with van der Waals surface area (Å²) in [6.07, 6.45) is 2.93. The number of aromatic nitrogens is 1. The SMILES string of the molecule is COCCn1c(C)cc(C(=O)COC(=O)/C=C/c2ccc(OC)cc2)c1C. The maximum atomic E-state index is 12.4. The molecule has 0 aliphatic rings. The summed E-state index contributed by atoms with van der Waals surface area (Å²) in [5, 5.41) is 0. The van der Waals surface area contributed by atoms with Crippen LogP contribution in [0.25, 0.3) is 6.08 Å². The predicted molar refractivity (Wildman–Crippen MR) is 103 cm³/mol. The highest BCUT2D eigenvalue weighted by Gasteiger charge is 2.16. The Morgan fingerprint density at radius 3 is 2.44 bits per heavy atom. The molecule has 6 heteroatoms. The molecule has 0 spiro atoms. The van der Waals surface area contributed by atoms with E-state index in [1.807, 2.05) is 36.6 Å². The van der Waals surface area contributed by atoms with Crippen molar-refractivity contribution in [3.05, 3.63) is 58.9 Å². The fraction of sp³-hybridized carbons (Fsp3) is 0.333. The molecule has 1 aromatic carbocycles. The number of esters is 1. The Morgan fingerprint density at radius 2 is 1.81 bits per heavy atom. The van der Waals surface area contributed by atoms with E-state index in [9.17, 15) is 9.59 Å². The zero-order valence-electron chi connectivity index (χ0n) is 16.2. The van der Waals surface area contributed by atoms with Gasteiger partial charge in [-0.05, 0) is 43.7 Å². The first kappa shape index (κ1) is 20.5. The Balaban J connectivity index is 1.92. The van der Waals surface area contributed by atoms with Gasteiger partial charge in [-0.15, -0.1) is 0 Å². The molecule has 0 aliphatic heterocycles. The second kappa shape index (κ2) is 9.73. The molecule has 1 aromatic heterocycles. The summed E-state index contributed by atoms with van der Waals surface area (Å²) >= 11 is 0. The first-order valence-corrected chi connectivity index (χ1v) is 8.64. The van der Waals surface area contributed by atoms with Crippen molar-refractivity contribution >= 4 is 17.8 Å². The number of hydrogen-bond donors (Lipinski definition) is 0. The molecule has 0 radical (unpaired) electrons. The van der Waals surface area contributed by atoms with Crippen molar-refractivity contribution in [1.29, 1.82) is 0 Å². The second-order valence-electron chi connectivity index (χ2n) is 6.07. The third kappa shape index (κ3) is 5.56. The van der Waals surface area contributed by atoms with Gasteiger partial charge in [-0.1, -0.05) is 12.1 Å². The van der Waals surface area contributed by atoms with Crippen LogP contribution >= 0.6 is 0 Å². The maximum Gasteiger partial charge on any atom is 0.331 e. The van der Waals surface area contributed by atoms with Crippen LogP contribution < -0.4 is 4.74 Å². The number of carbonyl (C=O) groups excluding carboxylic acids is 2. The monoisotopic (exact) mass is 371 g/mol. The molecule has 0 unspecified atom stereocenters. The molecule has 0 saturated carbocycles. The van der Waals surface area contributed by atoms with E-state index in [4.69, 9.17) is 14.2 Å². The fourth-order valence-electron chi connectivity index (χ4n) is 2.75. The first-order chi connectivity index (χ1) is 13.0. The maximum absolute atomic E-state index is 12.4. The zero-order valence-corrected chi connectivity index (χ0v) is 16.2. The molecule has 6 nitrogen and oxygen atoms in total. The molecule has 0 atom stereocenters. The van der Waals surface area contributed by atoms with E-state index in [1.54, 1.807) is 32.4 Å². The lowest BCUT2D eigenvalue weighted by Gasteiger charge is -2.08. The minimum absolute atomic E-state index is 0.224. The number of benzene rings is 1. The Morgan fingerprint density at radius 1 is 1.11 bits per heavy atom. The molecule has 0 N–H and O–H groups in total. The van der Waals surface area contributed by atoms with Gasteiger partial charge in [0.15, 0.2) is 6.61 Å². The summed E-state index contributed by atoms with van der Waals surface area (Å²) in [4.78, 5) is 24.3. The fourth-order valence-corrected chi connectivity index (χ4v) is 2.75. The van der Waals surface area contributed by atoms with Crippen molar-refractivity contribution in [3.63, 3.8) is 0 Å². The quantitative estimate of drug-likeness (QED) is 0.385. The lowest BCUT2D eigenvalue weighted by Crippen LogP contribution is -2.14. The molecule has 0 bridgehead atoms. The molecular weight excluding hydrogens is 346 g/mol. The number of ether oxygens (including phenoxy) is 3. The van der Waals surface area contributed by atoms with Crippen LogP contribution in [0.15, 0.2) is 36.4 Å². The second-order valence-corrected chi connectivity index (χ2v) is 6.07. The summed E-state index contributed by atoms with van der Waals surface area (Å²) in [5.74, 6) is -0.0475. The number of methoxy groups -OCH3 is 2. The van der Waals surface area contributed by atoms with Gasteiger partial charge in [-0.25, -0.2) is 4.79 Å². The van der Waals surface area contributed by atoms with Crippen LogP contribution in [0.4, 0.5) is 0 Å². The van der Waals surface area contributed by atoms with E-state index in [2.05, 4.69) is 0 Å². The van der Waals surface area contributed by atoms with Crippen LogP contribution in [0.5, 0.6) is 5.75 Å². The largest absolute Gasteiger partial charge is 0.497 e. The molecule has 1 heterocycles. The number of Topliss-reactive ketones (excluding diaryl/α,β-unsaturated/α-hetero) is 1. The first-order valence-electron chi connectivity index (χ1n) is 8.64. The van der Waals surface area contributed by atoms with Gasteiger partial charge in [-0.3, -0.25) is 4.79 Å². The third-order valence-electron chi connectivity index (χ3n) is 4.27. The average molecular weight is 371 g/mol. The van der Waals surface area contributed by atoms with E-state index in [-0.39, 0.29) is 12.4 Å². The Bertz CT molecular complexity index is 818. The normalized spacial score (nSPS) is 11.0. The molecule has 2 aromatic rings. The molecule has 0 saturated heterocycles. The molecule has 144 valence electrons. The standard InChI is InChI=1S/C21H25NO5/c1-15-13-19(16(2)22(15)11-12-25-3)20(23)14-27-21(24)10-7-17-5-8-18(26-4)9-6-17/h5-10,13H,11-12,14H2,1-4H3/b10-7+. The van der Waals surface area contributed by atoms with Crippen molar-refractivity contribution in [2.45, 2.75) is 20.4 Å². The summed E-state index contributed by atoms with van der Waals surface area (Å²) in [6.45, 7) is 4.76. The Hall–Kier alpha value is -2.86. The number of rotatable bonds is 9. The molecule has 0 fully saturated rings. The van der Waals surface area contributed by atoms with Gasteiger partial charge in [-0.2, -0.15) is 0 Å². The number of nitrogens with zero attached hydrogens (tertiary/aromatic N) is 1. The van der Waals surface area contributed by atoms with Crippen LogP contribution in [0.1, 0.15) is 27.3 Å². The van der Waals surface area contributed by atoms with Crippen molar-refractivity contribution in [3.8, 4) is 5.75 Å². The van der Waals surface area contributed by atoms with Crippen LogP contribution in [0.3, 0.4) is 0 Å². The van der Waals surface area contributed by atoms with Gasteiger partial charge in [0.1, 0.15) is 5.75 Å². The van der Waals surface area contributed by atoms with E-state index in [0.717, 1.165) is 22.7 Å². The van der Waals surface area contributed by atoms with Gasteiger partial charge in [0.05, 0.1) is 13.7 Å². The number of ketones is 1. The van der Waals surface area contributed by atoms with Crippen molar-refractivity contribution in [2.75, 3.05) is 27.4 Å². The third-order valence-corrected chi connectivity index (χ3v) is 4.27. The topological polar surface area (TPSA) is 66.8 Å². The molecule has 0 aliphatic carbocycles. The van der Waals surface area contributed by atoms with E-state index in [0.29, 0.717) is 18.7 Å². The highest BCUT2D eigenvalue weighted by atomic mass is 16.5. The summed E-state index contributed by atoms with van der Waals surface area (Å²) in [5.41, 5.74) is 3.22. The van der Waals surface area contributed by atoms with Gasteiger partial charge < -0.3 is 18.8 Å². The van der Waals surface area contributed by atoms with E-state index >= 15 is 0 Å². The van der Waals surface area contributed by atoms with Gasteiger partial charge in [0.25, 0.3) is 0 Å². The van der Waals surface area contributed by atoms with E-state index in [1.165, 1.54) is 6.08 Å². The van der Waals surface area contributed by atoms with Gasteiger partial charge in [0.2, 0.25) is 5.78 Å². The molecular formula is C21H25NO5. The lowest BCUT2D eigenvalue weighted by atomic mass is 10.1. The van der Waals surface area contributed by atoms with Crippen LogP contribution in [-0.2, 0) is 20.8 Å². The highest BCUT2D eigenvalue weighted by Crippen LogP contribution is 2.16. The van der Waals surface area contributed by atoms with Crippen molar-refractivity contribution < 1.29 is 23.8 Å². The minimum atomic E-state index is -0.563. The van der Waals surface area contributed by atoms with Crippen molar-refractivity contribution in [1.82, 2.24) is 4.57 Å². The number of hydrogen-bond acceptors (Lipinski definition) is 5. The van der Waals surface area contributed by atoms with Crippen LogP contribution in [-0.4, -0.2) is 43.8 Å². The Labute approximate surface area is 159 Å². The zero-order chi connectivity index (χ0) is 19.8. The lowest BCUT2D eigenvalue weighted by molar-refractivity contribution is -0.136. The summed E-state index contributed by atoms with van der Waals surface area (Å²) in [6, 6.07) is 9.06. The smallest absolute Gasteiger partial charge is 0.331 e. The minimum Gasteiger partial charge on any atom is -0.497 e. The van der Waals surface area contributed by atoms with Gasteiger partial charge >= 0.3 is 5.97 Å². The molecule has 2 rings (SSSR count). The van der Waals surface area contributed by atoms with Crippen LogP contribution in [0, 0.1) is 13.8 Å². The number of aryl methyl sites for hydroxylation is 1. The van der Waals surface area contributed by atoms with Gasteiger partial charge in [0, 0.05) is 36.7 Å². The van der Waals surface area contributed by atoms with E-state index < -0.39 is 5.97 Å². The Kier molecular flexibility index (Phi) is 7.37.